The van der Waals surface area contributed by atoms with Gasteiger partial charge in [-0.05, 0) is 12.1 Å². The van der Waals surface area contributed by atoms with Crippen molar-refractivity contribution in [3.63, 3.8) is 0 Å². The number of piperazine rings is 1. The van der Waals surface area contributed by atoms with Gasteiger partial charge in [-0.15, -0.1) is 0 Å². The summed E-state index contributed by atoms with van der Waals surface area (Å²) < 4.78 is 0. The van der Waals surface area contributed by atoms with Crippen LogP contribution in [0.15, 0.2) is 30.5 Å². The molecule has 0 atom stereocenters. The maximum atomic E-state index is 9.32. The Morgan fingerprint density at radius 1 is 1.00 bits per heavy atom. The lowest BCUT2D eigenvalue weighted by Gasteiger charge is -2.31. The summed E-state index contributed by atoms with van der Waals surface area (Å²) in [6, 6.07) is 7.85. The van der Waals surface area contributed by atoms with Gasteiger partial charge in [-0.1, -0.05) is 12.1 Å². The molecule has 3 rings (SSSR count). The Balaban J connectivity index is 1.90. The fourth-order valence-corrected chi connectivity index (χ4v) is 2.02. The van der Waals surface area contributed by atoms with Gasteiger partial charge in [0.25, 0.3) is 0 Å². The molecule has 5 nitrogen and oxygen atoms in total. The van der Waals surface area contributed by atoms with E-state index in [0.717, 1.165) is 29.9 Å². The number of rotatable bonds is 1. The van der Waals surface area contributed by atoms with E-state index in [1.165, 1.54) is 5.06 Å². The largest absolute Gasteiger partial charge is 0.353 e. The Kier molecular flexibility index (Phi) is 2.62. The average molecular weight is 230 g/mol. The van der Waals surface area contributed by atoms with Crippen molar-refractivity contribution in [3.05, 3.63) is 30.5 Å². The van der Waals surface area contributed by atoms with Crippen LogP contribution in [0.25, 0.3) is 11.0 Å². The van der Waals surface area contributed by atoms with Crippen molar-refractivity contribution in [1.29, 1.82) is 0 Å². The summed E-state index contributed by atoms with van der Waals surface area (Å²) in [7, 11) is 0. The third-order valence-electron chi connectivity index (χ3n) is 3.02. The first-order valence-corrected chi connectivity index (χ1v) is 5.73. The average Bonchev–Trinajstić information content (AvgIpc) is 2.39. The molecule has 0 amide bonds. The Morgan fingerprint density at radius 2 is 1.71 bits per heavy atom. The van der Waals surface area contributed by atoms with Crippen molar-refractivity contribution in [3.8, 4) is 0 Å². The van der Waals surface area contributed by atoms with Gasteiger partial charge in [0.05, 0.1) is 17.2 Å². The molecule has 1 aromatic heterocycles. The summed E-state index contributed by atoms with van der Waals surface area (Å²) in [5.74, 6) is 0.886. The quantitative estimate of drug-likeness (QED) is 0.796. The van der Waals surface area contributed by atoms with E-state index in [4.69, 9.17) is 0 Å². The van der Waals surface area contributed by atoms with Crippen molar-refractivity contribution >= 4 is 16.9 Å². The molecule has 0 bridgehead atoms. The van der Waals surface area contributed by atoms with Gasteiger partial charge in [0.1, 0.15) is 5.82 Å². The predicted octanol–water partition coefficient (Wildman–Crippen LogP) is 1.14. The Bertz CT molecular complexity index is 523. The minimum absolute atomic E-state index is 0.647. The zero-order valence-corrected chi connectivity index (χ0v) is 9.45. The molecule has 0 aliphatic carbocycles. The SMILES string of the molecule is ON1CCN(c2cnc3ccccc3n2)CC1. The lowest BCUT2D eigenvalue weighted by molar-refractivity contribution is -0.0936. The molecule has 0 spiro atoms. The Labute approximate surface area is 99.3 Å². The molecule has 2 aromatic rings. The van der Waals surface area contributed by atoms with Gasteiger partial charge in [-0.3, -0.25) is 4.98 Å². The van der Waals surface area contributed by atoms with Gasteiger partial charge < -0.3 is 10.1 Å². The summed E-state index contributed by atoms with van der Waals surface area (Å²) in [5.41, 5.74) is 1.83. The number of aromatic nitrogens is 2. The monoisotopic (exact) mass is 230 g/mol. The second-order valence-electron chi connectivity index (χ2n) is 4.16. The molecule has 0 saturated carbocycles. The van der Waals surface area contributed by atoms with Gasteiger partial charge in [0.2, 0.25) is 0 Å². The molecule has 0 unspecified atom stereocenters. The van der Waals surface area contributed by atoms with Crippen molar-refractivity contribution < 1.29 is 5.21 Å². The van der Waals surface area contributed by atoms with Crippen LogP contribution in [0.1, 0.15) is 0 Å². The van der Waals surface area contributed by atoms with Gasteiger partial charge in [-0.2, -0.15) is 5.06 Å². The topological polar surface area (TPSA) is 52.5 Å². The third-order valence-corrected chi connectivity index (χ3v) is 3.02. The number of hydrogen-bond acceptors (Lipinski definition) is 5. The minimum Gasteiger partial charge on any atom is -0.353 e. The first-order chi connectivity index (χ1) is 8.33. The van der Waals surface area contributed by atoms with Crippen LogP contribution in [0.2, 0.25) is 0 Å². The van der Waals surface area contributed by atoms with Crippen LogP contribution in [-0.4, -0.2) is 46.4 Å². The van der Waals surface area contributed by atoms with Crippen molar-refractivity contribution in [1.82, 2.24) is 15.0 Å². The highest BCUT2D eigenvalue weighted by molar-refractivity contribution is 5.75. The third kappa shape index (κ3) is 2.07. The van der Waals surface area contributed by atoms with E-state index in [0.29, 0.717) is 13.1 Å². The number of para-hydroxylation sites is 2. The molecular weight excluding hydrogens is 216 g/mol. The van der Waals surface area contributed by atoms with Gasteiger partial charge in [-0.25, -0.2) is 4.98 Å². The second-order valence-corrected chi connectivity index (χ2v) is 4.16. The summed E-state index contributed by atoms with van der Waals surface area (Å²) in [6.07, 6.45) is 1.80. The highest BCUT2D eigenvalue weighted by Gasteiger charge is 2.16. The fourth-order valence-electron chi connectivity index (χ4n) is 2.02. The first-order valence-electron chi connectivity index (χ1n) is 5.73. The van der Waals surface area contributed by atoms with Crippen LogP contribution in [0.5, 0.6) is 0 Å². The number of hydrogen-bond donors (Lipinski definition) is 1. The van der Waals surface area contributed by atoms with Crippen molar-refractivity contribution in [2.24, 2.45) is 0 Å². The van der Waals surface area contributed by atoms with Crippen molar-refractivity contribution in [2.45, 2.75) is 0 Å². The summed E-state index contributed by atoms with van der Waals surface area (Å²) in [6.45, 7) is 2.86. The lowest BCUT2D eigenvalue weighted by atomic mass is 10.3. The molecule has 1 aliphatic heterocycles. The number of benzene rings is 1. The molecule has 5 heteroatoms. The van der Waals surface area contributed by atoms with Crippen LogP contribution in [-0.2, 0) is 0 Å². The standard InChI is InChI=1S/C12H14N4O/c17-16-7-5-15(6-8-16)12-9-13-10-3-1-2-4-11(10)14-12/h1-4,9,17H,5-8H2. The maximum absolute atomic E-state index is 9.32. The summed E-state index contributed by atoms with van der Waals surface area (Å²) in [4.78, 5) is 11.1. The van der Waals surface area contributed by atoms with Gasteiger partial charge in [0.15, 0.2) is 0 Å². The van der Waals surface area contributed by atoms with Crippen LogP contribution in [0.3, 0.4) is 0 Å². The van der Waals surface area contributed by atoms with E-state index in [2.05, 4.69) is 14.9 Å². The summed E-state index contributed by atoms with van der Waals surface area (Å²) >= 11 is 0. The molecule has 1 saturated heterocycles. The van der Waals surface area contributed by atoms with Crippen LogP contribution in [0, 0.1) is 0 Å². The van der Waals surface area contributed by atoms with Crippen LogP contribution in [0.4, 0.5) is 5.82 Å². The van der Waals surface area contributed by atoms with E-state index in [1.807, 2.05) is 24.3 Å². The van der Waals surface area contributed by atoms with Gasteiger partial charge >= 0.3 is 0 Å². The molecule has 0 radical (unpaired) electrons. The Hall–Kier alpha value is -1.72. The predicted molar refractivity (Wildman–Crippen MR) is 65.1 cm³/mol. The Morgan fingerprint density at radius 3 is 2.47 bits per heavy atom. The molecule has 2 heterocycles. The zero-order valence-electron chi connectivity index (χ0n) is 9.45. The van der Waals surface area contributed by atoms with E-state index < -0.39 is 0 Å². The van der Waals surface area contributed by atoms with E-state index >= 15 is 0 Å². The van der Waals surface area contributed by atoms with Crippen LogP contribution >= 0.6 is 0 Å². The smallest absolute Gasteiger partial charge is 0.147 e. The van der Waals surface area contributed by atoms with Crippen molar-refractivity contribution in [2.75, 3.05) is 31.1 Å². The minimum atomic E-state index is 0.647. The molecular formula is C12H14N4O. The first kappa shape index (κ1) is 10.4. The summed E-state index contributed by atoms with van der Waals surface area (Å²) in [5, 5.41) is 10.7. The van der Waals surface area contributed by atoms with E-state index in [-0.39, 0.29) is 0 Å². The van der Waals surface area contributed by atoms with E-state index in [1.54, 1.807) is 6.20 Å². The number of fused-ring (bicyclic) bond motifs is 1. The highest BCUT2D eigenvalue weighted by Crippen LogP contribution is 2.16. The molecule has 1 fully saturated rings. The molecule has 17 heavy (non-hydrogen) atoms. The number of nitrogens with zero attached hydrogens (tertiary/aromatic N) is 4. The lowest BCUT2D eigenvalue weighted by Crippen LogP contribution is -2.45. The molecule has 1 N–H and O–H groups in total. The van der Waals surface area contributed by atoms with Crippen LogP contribution < -0.4 is 4.90 Å². The molecule has 88 valence electrons. The molecule has 1 aromatic carbocycles. The zero-order chi connectivity index (χ0) is 11.7. The van der Waals surface area contributed by atoms with E-state index in [9.17, 15) is 5.21 Å². The number of anilines is 1. The number of hydroxylamine groups is 2. The highest BCUT2D eigenvalue weighted by atomic mass is 16.5. The van der Waals surface area contributed by atoms with Gasteiger partial charge in [0, 0.05) is 26.2 Å². The fraction of sp³-hybridized carbons (Fsp3) is 0.333. The maximum Gasteiger partial charge on any atom is 0.147 e. The molecule has 1 aliphatic rings. The second kappa shape index (κ2) is 4.27. The normalized spacial score (nSPS) is 17.6.